The Bertz CT molecular complexity index is 165. The Labute approximate surface area is 61.5 Å². The van der Waals surface area contributed by atoms with Crippen molar-refractivity contribution in [3.05, 3.63) is 36.4 Å². The fourth-order valence-corrected chi connectivity index (χ4v) is 0.447. The van der Waals surface area contributed by atoms with Gasteiger partial charge in [0.05, 0.1) is 0 Å². The number of aliphatic hydroxyl groups excluding tert-OH is 1. The first-order valence-electron chi connectivity index (χ1n) is 2.38. The maximum atomic E-state index is 8.77. The molecule has 0 aliphatic carbocycles. The van der Waals surface area contributed by atoms with Crippen LogP contribution in [-0.2, 0) is 0 Å². The molecule has 0 saturated carbocycles. The second kappa shape index (κ2) is 4.04. The summed E-state index contributed by atoms with van der Waals surface area (Å²) in [4.78, 5) is 0. The van der Waals surface area contributed by atoms with E-state index in [1.54, 1.807) is 30.6 Å². The van der Waals surface area contributed by atoms with Crippen LogP contribution in [0.1, 0.15) is 1.43 Å². The second-order valence-electron chi connectivity index (χ2n) is 1.45. The normalized spacial score (nSPS) is 14.9. The van der Waals surface area contributed by atoms with Gasteiger partial charge in [-0.3, -0.25) is 0 Å². The van der Waals surface area contributed by atoms with Crippen LogP contribution >= 0.6 is 12.4 Å². The van der Waals surface area contributed by atoms with Crippen LogP contribution in [-0.4, -0.2) is 5.11 Å². The highest BCUT2D eigenvalue weighted by Crippen LogP contribution is 1.92. The molecule has 50 valence electrons. The van der Waals surface area contributed by atoms with Gasteiger partial charge in [0.15, 0.2) is 0 Å². The molecule has 0 spiro atoms. The molecular weight excluding hydrogens is 138 g/mol. The molecule has 0 saturated heterocycles. The van der Waals surface area contributed by atoms with Gasteiger partial charge in [0.25, 0.3) is 0 Å². The minimum absolute atomic E-state index is 0. The molecule has 0 unspecified atom stereocenters. The average Bonchev–Trinajstić information content (AvgIpc) is 1.94. The fraction of sp³-hybridized carbons (Fsp3) is 0. The highest BCUT2D eigenvalue weighted by molar-refractivity contribution is 5.85. The molecule has 1 aliphatic rings. The van der Waals surface area contributed by atoms with Gasteiger partial charge < -0.3 is 10.4 Å². The first-order chi connectivity index (χ1) is 3.89. The lowest BCUT2D eigenvalue weighted by Crippen LogP contribution is -1.88. The van der Waals surface area contributed by atoms with Crippen LogP contribution < -0.4 is 5.32 Å². The van der Waals surface area contributed by atoms with E-state index < -0.39 is 0 Å². The van der Waals surface area contributed by atoms with Crippen LogP contribution in [0.4, 0.5) is 0 Å². The Balaban J connectivity index is 0. The maximum absolute atomic E-state index is 8.77. The monoisotopic (exact) mass is 146 g/mol. The maximum Gasteiger partial charge on any atom is 1.00 e. The van der Waals surface area contributed by atoms with Crippen molar-refractivity contribution in [1.29, 1.82) is 0 Å². The molecular formula is C6H9ClNO+. The number of halogens is 1. The van der Waals surface area contributed by atoms with E-state index >= 15 is 0 Å². The topological polar surface area (TPSA) is 32.3 Å². The van der Waals surface area contributed by atoms with Gasteiger partial charge in [-0.05, 0) is 18.2 Å². The van der Waals surface area contributed by atoms with Gasteiger partial charge in [-0.2, -0.15) is 0 Å². The molecule has 0 bridgehead atoms. The van der Waals surface area contributed by atoms with E-state index in [2.05, 4.69) is 5.32 Å². The average molecular weight is 147 g/mol. The van der Waals surface area contributed by atoms with Crippen LogP contribution in [0.25, 0.3) is 0 Å². The molecule has 9 heavy (non-hydrogen) atoms. The van der Waals surface area contributed by atoms with Crippen LogP contribution in [0.3, 0.4) is 0 Å². The van der Waals surface area contributed by atoms with Crippen molar-refractivity contribution in [3.63, 3.8) is 0 Å². The Morgan fingerprint density at radius 2 is 2.22 bits per heavy atom. The molecule has 0 fully saturated rings. The van der Waals surface area contributed by atoms with Gasteiger partial charge in [-0.1, -0.05) is 0 Å². The van der Waals surface area contributed by atoms with E-state index in [-0.39, 0.29) is 19.6 Å². The van der Waals surface area contributed by atoms with Crippen molar-refractivity contribution in [2.24, 2.45) is 0 Å². The van der Waals surface area contributed by atoms with Gasteiger partial charge in [-0.25, -0.2) is 0 Å². The highest BCUT2D eigenvalue weighted by Gasteiger charge is 1.82. The Morgan fingerprint density at radius 3 is 3.00 bits per heavy atom. The minimum atomic E-state index is 0. The van der Waals surface area contributed by atoms with Crippen LogP contribution in [0.2, 0.25) is 0 Å². The minimum Gasteiger partial charge on any atom is -0.508 e. The number of nitrogens with one attached hydrogen (secondary N) is 1. The second-order valence-corrected chi connectivity index (χ2v) is 1.45. The third-order valence-electron chi connectivity index (χ3n) is 0.810. The molecule has 0 aromatic carbocycles. The molecule has 3 heteroatoms. The van der Waals surface area contributed by atoms with Crippen molar-refractivity contribution < 1.29 is 6.53 Å². The largest absolute Gasteiger partial charge is 1.00 e. The van der Waals surface area contributed by atoms with Gasteiger partial charge in [0.1, 0.15) is 5.76 Å². The summed E-state index contributed by atoms with van der Waals surface area (Å²) in [5.41, 5.74) is 0. The molecule has 1 heterocycles. The van der Waals surface area contributed by atoms with Crippen LogP contribution in [0.15, 0.2) is 36.4 Å². The van der Waals surface area contributed by atoms with Crippen molar-refractivity contribution >= 4 is 12.4 Å². The van der Waals surface area contributed by atoms with Crippen molar-refractivity contribution in [1.82, 2.24) is 5.32 Å². The van der Waals surface area contributed by atoms with Gasteiger partial charge in [0, 0.05) is 12.4 Å². The van der Waals surface area contributed by atoms with Crippen molar-refractivity contribution in [2.45, 2.75) is 0 Å². The van der Waals surface area contributed by atoms with E-state index in [0.29, 0.717) is 0 Å². The summed E-state index contributed by atoms with van der Waals surface area (Å²) in [5.74, 6) is 0.270. The number of rotatable bonds is 0. The first kappa shape index (κ1) is 8.11. The molecule has 0 atom stereocenters. The van der Waals surface area contributed by atoms with E-state index in [9.17, 15) is 0 Å². The summed E-state index contributed by atoms with van der Waals surface area (Å²) in [6.45, 7) is 0. The van der Waals surface area contributed by atoms with Gasteiger partial charge >= 0.3 is 1.43 Å². The zero-order chi connectivity index (χ0) is 5.82. The molecule has 2 N–H and O–H groups in total. The van der Waals surface area contributed by atoms with E-state index in [4.69, 9.17) is 5.11 Å². The molecule has 1 rings (SSSR count). The third-order valence-corrected chi connectivity index (χ3v) is 0.810. The lowest BCUT2D eigenvalue weighted by molar-refractivity contribution is 0.432. The smallest absolute Gasteiger partial charge is 0.508 e. The molecule has 0 aromatic heterocycles. The quantitative estimate of drug-likeness (QED) is 0.544. The Kier molecular flexibility index (Phi) is 3.64. The number of hydrogen-bond donors (Lipinski definition) is 2. The molecule has 1 aliphatic heterocycles. The van der Waals surface area contributed by atoms with Crippen molar-refractivity contribution in [2.75, 3.05) is 0 Å². The third kappa shape index (κ3) is 2.82. The van der Waals surface area contributed by atoms with Crippen molar-refractivity contribution in [3.8, 4) is 0 Å². The number of hydrogen-bond acceptors (Lipinski definition) is 2. The lowest BCUT2D eigenvalue weighted by atomic mass is 10.4. The highest BCUT2D eigenvalue weighted by atomic mass is 35.5. The number of allylic oxidation sites excluding steroid dienone is 3. The summed E-state index contributed by atoms with van der Waals surface area (Å²) in [6, 6.07) is 0. The fourth-order valence-electron chi connectivity index (χ4n) is 0.447. The summed E-state index contributed by atoms with van der Waals surface area (Å²) < 4.78 is 0. The molecule has 0 amide bonds. The summed E-state index contributed by atoms with van der Waals surface area (Å²) in [5, 5.41) is 11.6. The predicted octanol–water partition coefficient (Wildman–Crippen LogP) is 1.59. The molecule has 0 radical (unpaired) electrons. The SMILES string of the molecule is Cl.OC1=CC=CNC=C1.[H+]. The first-order valence-corrected chi connectivity index (χ1v) is 2.38. The molecule has 0 aromatic rings. The van der Waals surface area contributed by atoms with Gasteiger partial charge in [-0.15, -0.1) is 12.4 Å². The van der Waals surface area contributed by atoms with Gasteiger partial charge in [0.2, 0.25) is 0 Å². The van der Waals surface area contributed by atoms with E-state index in [1.165, 1.54) is 0 Å². The number of aliphatic hydroxyl groups is 1. The standard InChI is InChI=1S/C6H7NO.ClH/c8-6-2-1-4-7-5-3-6;/h1-5,7-8H;1H/p+1. The summed E-state index contributed by atoms with van der Waals surface area (Å²) >= 11 is 0. The predicted molar refractivity (Wildman–Crippen MR) is 40.5 cm³/mol. The van der Waals surface area contributed by atoms with E-state index in [0.717, 1.165) is 0 Å². The summed E-state index contributed by atoms with van der Waals surface area (Å²) in [6.07, 6.45) is 8.32. The summed E-state index contributed by atoms with van der Waals surface area (Å²) in [7, 11) is 0. The van der Waals surface area contributed by atoms with E-state index in [1.807, 2.05) is 0 Å². The van der Waals surface area contributed by atoms with Crippen LogP contribution in [0.5, 0.6) is 0 Å². The molecule has 2 nitrogen and oxygen atoms in total. The zero-order valence-corrected chi connectivity index (χ0v) is 5.56. The lowest BCUT2D eigenvalue weighted by Gasteiger charge is -1.82. The Morgan fingerprint density at radius 1 is 1.44 bits per heavy atom. The zero-order valence-electron chi connectivity index (χ0n) is 5.74. The Hall–Kier alpha value is -0.890. The van der Waals surface area contributed by atoms with Crippen LogP contribution in [0, 0.1) is 0 Å².